The molecule has 0 atom stereocenters. The van der Waals surface area contributed by atoms with E-state index in [0.29, 0.717) is 17.1 Å². The molecule has 3 nitrogen and oxygen atoms in total. The molecule has 1 N–H and O–H groups in total. The monoisotopic (exact) mass is 354 g/mol. The zero-order valence-corrected chi connectivity index (χ0v) is 14.2. The molecule has 0 bridgehead atoms. The first kappa shape index (κ1) is 16.0. The van der Waals surface area contributed by atoms with Gasteiger partial charge in [0.05, 0.1) is 11.1 Å². The molecule has 0 saturated heterocycles. The number of rotatable bonds is 3. The number of hydrogen-bond acceptors (Lipinski definition) is 2. The Hall–Kier alpha value is -2.46. The normalized spacial score (nSPS) is 13.0. The lowest BCUT2D eigenvalue weighted by molar-refractivity contribution is 0.0951. The van der Waals surface area contributed by atoms with Crippen LogP contribution in [0.15, 0.2) is 42.5 Å². The highest BCUT2D eigenvalue weighted by atomic mass is 35.5. The van der Waals surface area contributed by atoms with Crippen LogP contribution in [0.25, 0.3) is 10.9 Å². The van der Waals surface area contributed by atoms with Gasteiger partial charge in [-0.2, -0.15) is 0 Å². The average Bonchev–Trinajstić information content (AvgIpc) is 3.07. The van der Waals surface area contributed by atoms with Crippen molar-refractivity contribution in [3.8, 4) is 0 Å². The SMILES string of the molecule is O=C(NCc1ccc(F)cc1)c1c2c(nc3ccc(Cl)cc13)CCC2. The van der Waals surface area contributed by atoms with Crippen molar-refractivity contribution in [1.82, 2.24) is 10.3 Å². The van der Waals surface area contributed by atoms with Gasteiger partial charge in [-0.1, -0.05) is 23.7 Å². The van der Waals surface area contributed by atoms with Gasteiger partial charge >= 0.3 is 0 Å². The Balaban J connectivity index is 1.70. The molecular formula is C20H16ClFN2O. The number of hydrogen-bond donors (Lipinski definition) is 1. The number of aryl methyl sites for hydroxylation is 1. The Morgan fingerprint density at radius 2 is 1.96 bits per heavy atom. The Morgan fingerprint density at radius 3 is 2.76 bits per heavy atom. The summed E-state index contributed by atoms with van der Waals surface area (Å²) in [5, 5.41) is 4.31. The Bertz CT molecular complexity index is 970. The number of nitrogens with one attached hydrogen (secondary N) is 1. The van der Waals surface area contributed by atoms with Gasteiger partial charge in [-0.3, -0.25) is 9.78 Å². The number of carbonyl (C=O) groups excluding carboxylic acids is 1. The second-order valence-corrected chi connectivity index (χ2v) is 6.67. The topological polar surface area (TPSA) is 42.0 Å². The molecule has 3 aromatic rings. The van der Waals surface area contributed by atoms with Crippen LogP contribution in [0.3, 0.4) is 0 Å². The van der Waals surface area contributed by atoms with Crippen molar-refractivity contribution in [3.05, 3.63) is 75.7 Å². The van der Waals surface area contributed by atoms with E-state index in [0.717, 1.165) is 47.0 Å². The van der Waals surface area contributed by atoms with Gasteiger partial charge in [-0.05, 0) is 60.7 Å². The number of halogens is 2. The summed E-state index contributed by atoms with van der Waals surface area (Å²) in [6.45, 7) is 0.346. The largest absolute Gasteiger partial charge is 0.348 e. The summed E-state index contributed by atoms with van der Waals surface area (Å²) >= 11 is 6.14. The van der Waals surface area contributed by atoms with Crippen LogP contribution in [-0.2, 0) is 19.4 Å². The third-order valence-electron chi connectivity index (χ3n) is 4.57. The van der Waals surface area contributed by atoms with Gasteiger partial charge in [-0.25, -0.2) is 4.39 Å². The highest BCUT2D eigenvalue weighted by Crippen LogP contribution is 2.31. The lowest BCUT2D eigenvalue weighted by Gasteiger charge is -2.13. The molecule has 1 heterocycles. The molecule has 126 valence electrons. The van der Waals surface area contributed by atoms with E-state index >= 15 is 0 Å². The molecule has 0 aliphatic heterocycles. The van der Waals surface area contributed by atoms with E-state index in [-0.39, 0.29) is 11.7 Å². The molecule has 1 amide bonds. The summed E-state index contributed by atoms with van der Waals surface area (Å²) in [7, 11) is 0. The summed E-state index contributed by atoms with van der Waals surface area (Å²) in [4.78, 5) is 17.6. The predicted molar refractivity (Wildman–Crippen MR) is 96.3 cm³/mol. The number of benzene rings is 2. The van der Waals surface area contributed by atoms with Crippen molar-refractivity contribution < 1.29 is 9.18 Å². The average molecular weight is 355 g/mol. The first-order valence-electron chi connectivity index (χ1n) is 8.25. The Labute approximate surface area is 149 Å². The minimum absolute atomic E-state index is 0.142. The van der Waals surface area contributed by atoms with Crippen LogP contribution in [0.5, 0.6) is 0 Å². The fourth-order valence-electron chi connectivity index (χ4n) is 3.37. The van der Waals surface area contributed by atoms with E-state index in [1.54, 1.807) is 24.3 Å². The van der Waals surface area contributed by atoms with Gasteiger partial charge in [-0.15, -0.1) is 0 Å². The molecule has 1 aliphatic rings. The maximum Gasteiger partial charge on any atom is 0.252 e. The first-order valence-corrected chi connectivity index (χ1v) is 8.63. The Morgan fingerprint density at radius 1 is 1.16 bits per heavy atom. The molecule has 4 rings (SSSR count). The lowest BCUT2D eigenvalue weighted by Crippen LogP contribution is -2.24. The molecule has 1 aromatic heterocycles. The van der Waals surface area contributed by atoms with Crippen LogP contribution >= 0.6 is 11.6 Å². The van der Waals surface area contributed by atoms with Crippen LogP contribution in [0, 0.1) is 5.82 Å². The summed E-state index contributed by atoms with van der Waals surface area (Å²) in [5.41, 5.74) is 4.33. The third kappa shape index (κ3) is 3.10. The van der Waals surface area contributed by atoms with E-state index in [4.69, 9.17) is 11.6 Å². The van der Waals surface area contributed by atoms with E-state index in [1.165, 1.54) is 12.1 Å². The third-order valence-corrected chi connectivity index (χ3v) is 4.80. The minimum Gasteiger partial charge on any atom is -0.348 e. The van der Waals surface area contributed by atoms with Crippen molar-refractivity contribution in [2.24, 2.45) is 0 Å². The molecule has 2 aromatic carbocycles. The number of aromatic nitrogens is 1. The molecule has 0 spiro atoms. The van der Waals surface area contributed by atoms with Gasteiger partial charge < -0.3 is 5.32 Å². The van der Waals surface area contributed by atoms with Crippen LogP contribution in [0.1, 0.15) is 33.6 Å². The maximum atomic E-state index is 13.0. The second-order valence-electron chi connectivity index (χ2n) is 6.24. The highest BCUT2D eigenvalue weighted by molar-refractivity contribution is 6.31. The maximum absolute atomic E-state index is 13.0. The van der Waals surface area contributed by atoms with E-state index in [1.807, 2.05) is 6.07 Å². The quantitative estimate of drug-likeness (QED) is 0.755. The number of fused-ring (bicyclic) bond motifs is 2. The zero-order valence-electron chi connectivity index (χ0n) is 13.5. The minimum atomic E-state index is -0.289. The van der Waals surface area contributed by atoms with Gasteiger partial charge in [0.15, 0.2) is 0 Å². The van der Waals surface area contributed by atoms with E-state index < -0.39 is 0 Å². The molecule has 25 heavy (non-hydrogen) atoms. The van der Waals surface area contributed by atoms with Crippen molar-refractivity contribution in [2.45, 2.75) is 25.8 Å². The van der Waals surface area contributed by atoms with E-state index in [2.05, 4.69) is 10.3 Å². The van der Waals surface area contributed by atoms with Gasteiger partial charge in [0.1, 0.15) is 5.82 Å². The number of amides is 1. The molecule has 5 heteroatoms. The van der Waals surface area contributed by atoms with Crippen LogP contribution in [-0.4, -0.2) is 10.9 Å². The van der Waals surface area contributed by atoms with Crippen molar-refractivity contribution in [1.29, 1.82) is 0 Å². The van der Waals surface area contributed by atoms with Crippen molar-refractivity contribution >= 4 is 28.4 Å². The molecule has 0 saturated carbocycles. The summed E-state index contributed by atoms with van der Waals surface area (Å²) in [6.07, 6.45) is 2.75. The fraction of sp³-hybridized carbons (Fsp3) is 0.200. The fourth-order valence-corrected chi connectivity index (χ4v) is 3.54. The molecule has 0 unspecified atom stereocenters. The van der Waals surface area contributed by atoms with Gasteiger partial charge in [0.25, 0.3) is 5.91 Å². The van der Waals surface area contributed by atoms with Crippen LogP contribution < -0.4 is 5.32 Å². The standard InChI is InChI=1S/C20H16ClFN2O/c21-13-6-9-18-16(10-13)19(15-2-1-3-17(15)24-18)20(25)23-11-12-4-7-14(22)8-5-12/h4-10H,1-3,11H2,(H,23,25). The summed E-state index contributed by atoms with van der Waals surface area (Å²) < 4.78 is 13.0. The second kappa shape index (κ2) is 6.45. The van der Waals surface area contributed by atoms with Gasteiger partial charge in [0.2, 0.25) is 0 Å². The van der Waals surface area contributed by atoms with Crippen LogP contribution in [0.4, 0.5) is 4.39 Å². The first-order chi connectivity index (χ1) is 12.1. The molecule has 0 fully saturated rings. The number of pyridine rings is 1. The zero-order chi connectivity index (χ0) is 17.4. The summed E-state index contributed by atoms with van der Waals surface area (Å²) in [5.74, 6) is -0.431. The predicted octanol–water partition coefficient (Wildman–Crippen LogP) is 4.45. The smallest absolute Gasteiger partial charge is 0.252 e. The van der Waals surface area contributed by atoms with Crippen molar-refractivity contribution in [2.75, 3.05) is 0 Å². The summed E-state index contributed by atoms with van der Waals surface area (Å²) in [6, 6.07) is 11.6. The number of carbonyl (C=O) groups is 1. The number of nitrogens with zero attached hydrogens (tertiary/aromatic N) is 1. The molecule has 0 radical (unpaired) electrons. The lowest BCUT2D eigenvalue weighted by atomic mass is 10.0. The molecular weight excluding hydrogens is 339 g/mol. The Kier molecular flexibility index (Phi) is 4.14. The van der Waals surface area contributed by atoms with Crippen molar-refractivity contribution in [3.63, 3.8) is 0 Å². The molecule has 1 aliphatic carbocycles. The van der Waals surface area contributed by atoms with Gasteiger partial charge in [0, 0.05) is 22.6 Å². The highest BCUT2D eigenvalue weighted by Gasteiger charge is 2.23. The van der Waals surface area contributed by atoms with E-state index in [9.17, 15) is 9.18 Å². The van der Waals surface area contributed by atoms with Crippen LogP contribution in [0.2, 0.25) is 5.02 Å².